The number of aromatic nitrogens is 4. The molecule has 1 N–H and O–H groups in total. The number of ether oxygens (including phenoxy) is 1. The Bertz CT molecular complexity index is 864. The summed E-state index contributed by atoms with van der Waals surface area (Å²) in [4.78, 5) is 23.7. The lowest BCUT2D eigenvalue weighted by molar-refractivity contribution is -0.121. The Morgan fingerprint density at radius 2 is 2.18 bits per heavy atom. The second-order valence-corrected chi connectivity index (χ2v) is 8.46. The Hall–Kier alpha value is -2.06. The van der Waals surface area contributed by atoms with Gasteiger partial charge in [-0.15, -0.1) is 0 Å². The predicted octanol–water partition coefficient (Wildman–Crippen LogP) is 1.29. The molecule has 4 rings (SSSR count). The molecular weight excluding hydrogens is 356 g/mol. The van der Waals surface area contributed by atoms with Crippen molar-refractivity contribution in [2.24, 2.45) is 5.92 Å². The lowest BCUT2D eigenvalue weighted by Crippen LogP contribution is -2.48. The van der Waals surface area contributed by atoms with E-state index in [1.54, 1.807) is 4.52 Å². The van der Waals surface area contributed by atoms with Crippen LogP contribution in [0.25, 0.3) is 5.78 Å². The summed E-state index contributed by atoms with van der Waals surface area (Å²) in [5.41, 5.74) is 2.99. The Balaban J connectivity index is 1.32. The van der Waals surface area contributed by atoms with Crippen LogP contribution in [0.15, 0.2) is 6.33 Å². The van der Waals surface area contributed by atoms with E-state index in [-0.39, 0.29) is 11.9 Å². The Morgan fingerprint density at radius 3 is 2.96 bits per heavy atom. The molecule has 0 aromatic carbocycles. The largest absolute Gasteiger partial charge is 0.375 e. The van der Waals surface area contributed by atoms with Gasteiger partial charge in [0.05, 0.1) is 12.7 Å². The van der Waals surface area contributed by atoms with E-state index < -0.39 is 0 Å². The average Bonchev–Trinajstić information content (AvgIpc) is 3.26. The van der Waals surface area contributed by atoms with Crippen molar-refractivity contribution >= 4 is 11.7 Å². The number of morpholine rings is 1. The van der Waals surface area contributed by atoms with Crippen molar-refractivity contribution in [1.82, 2.24) is 29.8 Å². The van der Waals surface area contributed by atoms with Crippen LogP contribution in [0.4, 0.5) is 0 Å². The molecule has 0 bridgehead atoms. The van der Waals surface area contributed by atoms with Crippen molar-refractivity contribution in [3.05, 3.63) is 23.3 Å². The molecule has 0 aliphatic carbocycles. The minimum Gasteiger partial charge on any atom is -0.375 e. The van der Waals surface area contributed by atoms with Crippen molar-refractivity contribution in [3.8, 4) is 0 Å². The molecule has 8 nitrogen and oxygen atoms in total. The zero-order valence-corrected chi connectivity index (χ0v) is 17.2. The summed E-state index contributed by atoms with van der Waals surface area (Å²) in [6.07, 6.45) is 3.89. The van der Waals surface area contributed by atoms with Crippen LogP contribution in [-0.4, -0.2) is 68.3 Å². The molecular formula is C20H30N6O2. The molecule has 152 valence electrons. The molecule has 2 aliphatic rings. The Kier molecular flexibility index (Phi) is 5.33. The van der Waals surface area contributed by atoms with Crippen LogP contribution >= 0.6 is 0 Å². The number of hydrogen-bond donors (Lipinski definition) is 1. The smallest absolute Gasteiger partial charge is 0.252 e. The fourth-order valence-corrected chi connectivity index (χ4v) is 4.46. The lowest BCUT2D eigenvalue weighted by atomic mass is 10.0. The highest BCUT2D eigenvalue weighted by Crippen LogP contribution is 2.26. The molecule has 0 unspecified atom stereocenters. The number of aryl methyl sites for hydroxylation is 2. The van der Waals surface area contributed by atoms with Crippen LogP contribution < -0.4 is 5.32 Å². The van der Waals surface area contributed by atoms with E-state index in [9.17, 15) is 4.79 Å². The zero-order valence-electron chi connectivity index (χ0n) is 17.2. The first-order chi connectivity index (χ1) is 13.4. The van der Waals surface area contributed by atoms with Gasteiger partial charge in [0.1, 0.15) is 6.33 Å². The van der Waals surface area contributed by atoms with Gasteiger partial charge in [0, 0.05) is 43.0 Å². The highest BCUT2D eigenvalue weighted by molar-refractivity contribution is 5.76. The number of carbonyl (C=O) groups is 1. The number of fused-ring (bicyclic) bond motifs is 2. The third-order valence-corrected chi connectivity index (χ3v) is 6.14. The molecule has 0 spiro atoms. The van der Waals surface area contributed by atoms with E-state index in [2.05, 4.69) is 39.1 Å². The van der Waals surface area contributed by atoms with Crippen molar-refractivity contribution in [3.63, 3.8) is 0 Å². The Morgan fingerprint density at radius 1 is 1.36 bits per heavy atom. The highest BCUT2D eigenvalue weighted by atomic mass is 16.5. The van der Waals surface area contributed by atoms with Crippen LogP contribution in [0.2, 0.25) is 0 Å². The molecule has 1 amide bonds. The summed E-state index contributed by atoms with van der Waals surface area (Å²) in [7, 11) is 0. The van der Waals surface area contributed by atoms with Crippen molar-refractivity contribution < 1.29 is 9.53 Å². The van der Waals surface area contributed by atoms with Gasteiger partial charge in [-0.2, -0.15) is 10.1 Å². The number of nitrogens with one attached hydrogen (secondary N) is 1. The Labute approximate surface area is 165 Å². The van der Waals surface area contributed by atoms with E-state index in [1.165, 1.54) is 6.33 Å². The molecule has 4 heterocycles. The maximum atomic E-state index is 12.6. The number of hydrogen-bond acceptors (Lipinski definition) is 6. The van der Waals surface area contributed by atoms with Crippen LogP contribution in [0.5, 0.6) is 0 Å². The van der Waals surface area contributed by atoms with Crippen molar-refractivity contribution in [2.75, 3.05) is 19.7 Å². The van der Waals surface area contributed by atoms with Gasteiger partial charge in [-0.05, 0) is 38.2 Å². The maximum Gasteiger partial charge on any atom is 0.252 e. The first-order valence-corrected chi connectivity index (χ1v) is 10.2. The van der Waals surface area contributed by atoms with Crippen LogP contribution in [-0.2, 0) is 16.0 Å². The first-order valence-electron chi connectivity index (χ1n) is 10.2. The van der Waals surface area contributed by atoms with E-state index in [0.29, 0.717) is 36.7 Å². The third kappa shape index (κ3) is 3.75. The fraction of sp³-hybridized carbons (Fsp3) is 0.700. The van der Waals surface area contributed by atoms with Gasteiger partial charge in [0.15, 0.2) is 0 Å². The molecule has 3 atom stereocenters. The van der Waals surface area contributed by atoms with E-state index >= 15 is 0 Å². The quantitative estimate of drug-likeness (QED) is 0.834. The second-order valence-electron chi connectivity index (χ2n) is 8.46. The van der Waals surface area contributed by atoms with Gasteiger partial charge in [-0.1, -0.05) is 13.8 Å². The second kappa shape index (κ2) is 7.75. The van der Waals surface area contributed by atoms with Gasteiger partial charge < -0.3 is 10.1 Å². The van der Waals surface area contributed by atoms with Crippen LogP contribution in [0.1, 0.15) is 43.6 Å². The van der Waals surface area contributed by atoms with E-state index in [4.69, 9.17) is 4.74 Å². The minimum absolute atomic E-state index is 0.101. The maximum absolute atomic E-state index is 12.6. The summed E-state index contributed by atoms with van der Waals surface area (Å²) in [5, 5.41) is 7.44. The molecule has 0 saturated carbocycles. The number of nitrogens with zero attached hydrogens (tertiary/aromatic N) is 5. The summed E-state index contributed by atoms with van der Waals surface area (Å²) < 4.78 is 7.73. The highest BCUT2D eigenvalue weighted by Gasteiger charge is 2.38. The van der Waals surface area contributed by atoms with Gasteiger partial charge in [-0.25, -0.2) is 9.50 Å². The molecule has 2 aromatic rings. The molecule has 0 radical (unpaired) electrons. The minimum atomic E-state index is 0.101. The predicted molar refractivity (Wildman–Crippen MR) is 105 cm³/mol. The molecule has 2 aliphatic heterocycles. The topological polar surface area (TPSA) is 84.6 Å². The summed E-state index contributed by atoms with van der Waals surface area (Å²) in [6.45, 7) is 11.0. The van der Waals surface area contributed by atoms with Gasteiger partial charge in [-0.3, -0.25) is 9.69 Å². The van der Waals surface area contributed by atoms with Crippen LogP contribution in [0, 0.1) is 19.8 Å². The zero-order chi connectivity index (χ0) is 19.8. The van der Waals surface area contributed by atoms with Crippen molar-refractivity contribution in [2.45, 2.75) is 65.1 Å². The first kappa shape index (κ1) is 19.3. The van der Waals surface area contributed by atoms with E-state index in [0.717, 1.165) is 43.1 Å². The summed E-state index contributed by atoms with van der Waals surface area (Å²) in [5.74, 6) is 1.23. The number of amides is 1. The van der Waals surface area contributed by atoms with Crippen LogP contribution in [0.3, 0.4) is 0 Å². The lowest BCUT2D eigenvalue weighted by Gasteiger charge is -2.36. The normalized spacial score (nSPS) is 25.4. The molecule has 8 heteroatoms. The summed E-state index contributed by atoms with van der Waals surface area (Å²) >= 11 is 0. The third-order valence-electron chi connectivity index (χ3n) is 6.14. The average molecular weight is 387 g/mol. The van der Waals surface area contributed by atoms with Gasteiger partial charge >= 0.3 is 0 Å². The van der Waals surface area contributed by atoms with Crippen molar-refractivity contribution in [1.29, 1.82) is 0 Å². The molecule has 2 saturated heterocycles. The standard InChI is InChI=1S/C20H30N6O2/c1-12(2)18-9-25-8-15(7-16(25)10-28-18)24-19(27)6-5-17-13(3)23-20-21-11-22-26(20)14(17)4/h11-12,15-16,18H,5-10H2,1-4H3,(H,24,27)/t15-,16-,18+/m0/s1. The summed E-state index contributed by atoms with van der Waals surface area (Å²) in [6, 6.07) is 0.647. The van der Waals surface area contributed by atoms with E-state index in [1.807, 2.05) is 13.8 Å². The monoisotopic (exact) mass is 386 g/mol. The SMILES string of the molecule is Cc1nc2ncnn2c(C)c1CCC(=O)N[C@H]1C[C@H]2CO[C@@H](C(C)C)CN2C1. The number of carbonyl (C=O) groups excluding carboxylic acids is 1. The van der Waals surface area contributed by atoms with Gasteiger partial charge in [0.25, 0.3) is 5.78 Å². The fourth-order valence-electron chi connectivity index (χ4n) is 4.46. The van der Waals surface area contributed by atoms with Gasteiger partial charge in [0.2, 0.25) is 5.91 Å². The molecule has 2 aromatic heterocycles. The molecule has 28 heavy (non-hydrogen) atoms. The molecule has 2 fully saturated rings. The number of rotatable bonds is 5.